The van der Waals surface area contributed by atoms with Gasteiger partial charge in [0.2, 0.25) is 0 Å². The summed E-state index contributed by atoms with van der Waals surface area (Å²) in [5.74, 6) is 0. The minimum Gasteiger partial charge on any atom is -0.394 e. The molecule has 176 valence electrons. The quantitative estimate of drug-likeness (QED) is 0.190. The smallest absolute Gasteiger partial charge is 0.190 e. The van der Waals surface area contributed by atoms with E-state index in [9.17, 15) is 40.9 Å². The average molecular weight is 448 g/mol. The highest BCUT2D eigenvalue weighted by Gasteiger charge is 2.48. The summed E-state index contributed by atoms with van der Waals surface area (Å²) in [7, 11) is 0. The van der Waals surface area contributed by atoms with Crippen LogP contribution in [0.4, 0.5) is 0 Å². The Kier molecular flexibility index (Phi) is 8.31. The molecule has 8 N–H and O–H groups in total. The van der Waals surface area contributed by atoms with Gasteiger partial charge in [-0.2, -0.15) is 0 Å². The Bertz CT molecular complexity index is 635. The SMILES string of the molecule is OC[C@H]1OC(OC(OC2O[C@H](CO)[C@H](O)[C@H](O)[C@@H]2O)c2ccccc2)[C@@H](O)[C@@H](O)[C@H]1O. The van der Waals surface area contributed by atoms with E-state index in [0.717, 1.165) is 0 Å². The number of rotatable bonds is 7. The highest BCUT2D eigenvalue weighted by atomic mass is 16.8. The van der Waals surface area contributed by atoms with E-state index in [4.69, 9.17) is 18.9 Å². The molecule has 1 aromatic rings. The predicted octanol–water partition coefficient (Wildman–Crippen LogP) is -3.68. The number of ether oxygens (including phenoxy) is 4. The van der Waals surface area contributed by atoms with Gasteiger partial charge in [-0.15, -0.1) is 0 Å². The summed E-state index contributed by atoms with van der Waals surface area (Å²) < 4.78 is 22.0. The summed E-state index contributed by atoms with van der Waals surface area (Å²) in [5, 5.41) is 79.0. The lowest BCUT2D eigenvalue weighted by molar-refractivity contribution is -0.381. The Balaban J connectivity index is 1.81. The minimum atomic E-state index is -1.71. The molecular weight excluding hydrogens is 420 g/mol. The van der Waals surface area contributed by atoms with Crippen molar-refractivity contribution < 1.29 is 59.8 Å². The van der Waals surface area contributed by atoms with Gasteiger partial charge in [-0.05, 0) is 0 Å². The molecule has 2 aliphatic heterocycles. The Morgan fingerprint density at radius 2 is 1.06 bits per heavy atom. The van der Waals surface area contributed by atoms with Gasteiger partial charge in [0.1, 0.15) is 48.8 Å². The van der Waals surface area contributed by atoms with Crippen LogP contribution in [0.2, 0.25) is 0 Å². The second kappa shape index (κ2) is 10.6. The Labute approximate surface area is 177 Å². The zero-order valence-electron chi connectivity index (χ0n) is 16.4. The van der Waals surface area contributed by atoms with Crippen molar-refractivity contribution in [3.05, 3.63) is 35.9 Å². The maximum Gasteiger partial charge on any atom is 0.190 e. The van der Waals surface area contributed by atoms with Crippen LogP contribution in [0, 0.1) is 0 Å². The molecule has 12 nitrogen and oxygen atoms in total. The van der Waals surface area contributed by atoms with Crippen molar-refractivity contribution in [2.24, 2.45) is 0 Å². The Morgan fingerprint density at radius 3 is 1.45 bits per heavy atom. The van der Waals surface area contributed by atoms with E-state index in [1.54, 1.807) is 30.3 Å². The lowest BCUT2D eigenvalue weighted by Crippen LogP contribution is -2.60. The monoisotopic (exact) mass is 448 g/mol. The van der Waals surface area contributed by atoms with Crippen LogP contribution in [-0.4, -0.2) is 115 Å². The first-order chi connectivity index (χ1) is 14.8. The molecule has 2 aliphatic rings. The lowest BCUT2D eigenvalue weighted by atomic mass is 9.99. The summed E-state index contributed by atoms with van der Waals surface area (Å²) >= 11 is 0. The molecule has 0 aliphatic carbocycles. The fraction of sp³-hybridized carbons (Fsp3) is 0.684. The Hall–Kier alpha value is -1.26. The molecule has 2 fully saturated rings. The number of hydrogen-bond donors (Lipinski definition) is 8. The fourth-order valence-electron chi connectivity index (χ4n) is 3.40. The summed E-state index contributed by atoms with van der Waals surface area (Å²) in [6.45, 7) is -1.32. The van der Waals surface area contributed by atoms with E-state index in [1.807, 2.05) is 0 Å². The third kappa shape index (κ3) is 5.22. The van der Waals surface area contributed by atoms with Gasteiger partial charge in [-0.25, -0.2) is 0 Å². The normalized spacial score (nSPS) is 42.3. The van der Waals surface area contributed by atoms with Crippen molar-refractivity contribution in [3.8, 4) is 0 Å². The van der Waals surface area contributed by atoms with Gasteiger partial charge in [0.05, 0.1) is 13.2 Å². The van der Waals surface area contributed by atoms with E-state index in [-0.39, 0.29) is 0 Å². The number of benzene rings is 1. The number of aliphatic hydroxyl groups is 8. The molecule has 0 amide bonds. The molecule has 3 rings (SSSR count). The van der Waals surface area contributed by atoms with Gasteiger partial charge < -0.3 is 59.8 Å². The van der Waals surface area contributed by atoms with Gasteiger partial charge >= 0.3 is 0 Å². The maximum absolute atomic E-state index is 10.2. The maximum atomic E-state index is 10.2. The molecule has 0 radical (unpaired) electrons. The topological polar surface area (TPSA) is 199 Å². The summed E-state index contributed by atoms with van der Waals surface area (Å²) in [6, 6.07) is 8.17. The van der Waals surface area contributed by atoms with E-state index in [0.29, 0.717) is 5.56 Å². The molecule has 0 spiro atoms. The first kappa shape index (κ1) is 24.4. The van der Waals surface area contributed by atoms with Crippen LogP contribution in [0.15, 0.2) is 30.3 Å². The first-order valence-electron chi connectivity index (χ1n) is 9.75. The lowest BCUT2D eigenvalue weighted by Gasteiger charge is -2.43. The highest BCUT2D eigenvalue weighted by Crippen LogP contribution is 2.32. The Morgan fingerprint density at radius 1 is 0.645 bits per heavy atom. The molecule has 2 heterocycles. The van der Waals surface area contributed by atoms with Gasteiger partial charge in [0.25, 0.3) is 0 Å². The molecule has 2 saturated heterocycles. The number of aliphatic hydroxyl groups excluding tert-OH is 8. The molecule has 1 aromatic carbocycles. The van der Waals surface area contributed by atoms with E-state index in [1.165, 1.54) is 0 Å². The van der Waals surface area contributed by atoms with Gasteiger partial charge in [-0.3, -0.25) is 0 Å². The molecule has 0 saturated carbocycles. The molecule has 10 atom stereocenters. The third-order valence-electron chi connectivity index (χ3n) is 5.28. The molecule has 12 heteroatoms. The molecule has 0 aromatic heterocycles. The van der Waals surface area contributed by atoms with Crippen molar-refractivity contribution in [2.45, 2.75) is 67.7 Å². The summed E-state index contributed by atoms with van der Waals surface area (Å²) in [4.78, 5) is 0. The van der Waals surface area contributed by atoms with Crippen molar-refractivity contribution in [2.75, 3.05) is 13.2 Å². The van der Waals surface area contributed by atoms with Crippen LogP contribution in [0.3, 0.4) is 0 Å². The minimum absolute atomic E-state index is 0.372. The first-order valence-corrected chi connectivity index (χ1v) is 9.75. The molecular formula is C19H28O12. The van der Waals surface area contributed by atoms with Crippen LogP contribution in [0.5, 0.6) is 0 Å². The second-order valence-corrected chi connectivity index (χ2v) is 7.41. The van der Waals surface area contributed by atoms with E-state index < -0.39 is 80.9 Å². The average Bonchev–Trinajstić information content (AvgIpc) is 2.79. The standard InChI is InChI=1S/C19H28O12/c20-6-9-11(22)13(24)15(26)18(28-9)30-17(8-4-2-1-3-5-8)31-19-16(27)14(25)12(23)10(7-21)29-19/h1-5,9-27H,6-7H2/t9-,10-,11+,12+,13+,14+,15+,16+,17?,18?,19?/m1/s1. The predicted molar refractivity (Wildman–Crippen MR) is 98.9 cm³/mol. The third-order valence-corrected chi connectivity index (χ3v) is 5.28. The molecule has 2 unspecified atom stereocenters. The largest absolute Gasteiger partial charge is 0.394 e. The van der Waals surface area contributed by atoms with Crippen LogP contribution in [0.1, 0.15) is 11.9 Å². The summed E-state index contributed by atoms with van der Waals surface area (Å²) in [6.07, 6.45) is -16.9. The van der Waals surface area contributed by atoms with Crippen LogP contribution < -0.4 is 0 Å². The highest BCUT2D eigenvalue weighted by molar-refractivity contribution is 5.16. The zero-order chi connectivity index (χ0) is 22.7. The fourth-order valence-corrected chi connectivity index (χ4v) is 3.40. The second-order valence-electron chi connectivity index (χ2n) is 7.41. The van der Waals surface area contributed by atoms with Crippen molar-refractivity contribution in [3.63, 3.8) is 0 Å². The summed E-state index contributed by atoms with van der Waals surface area (Å²) in [5.41, 5.74) is 0.372. The van der Waals surface area contributed by atoms with Gasteiger partial charge in [0.15, 0.2) is 18.9 Å². The van der Waals surface area contributed by atoms with Crippen molar-refractivity contribution in [1.82, 2.24) is 0 Å². The van der Waals surface area contributed by atoms with E-state index in [2.05, 4.69) is 0 Å². The number of hydrogen-bond acceptors (Lipinski definition) is 12. The van der Waals surface area contributed by atoms with Crippen molar-refractivity contribution in [1.29, 1.82) is 0 Å². The van der Waals surface area contributed by atoms with Gasteiger partial charge in [-0.1, -0.05) is 30.3 Å². The van der Waals surface area contributed by atoms with Crippen LogP contribution in [0.25, 0.3) is 0 Å². The molecule has 0 bridgehead atoms. The van der Waals surface area contributed by atoms with Crippen LogP contribution in [-0.2, 0) is 18.9 Å². The zero-order valence-corrected chi connectivity index (χ0v) is 16.4. The van der Waals surface area contributed by atoms with Crippen LogP contribution >= 0.6 is 0 Å². The van der Waals surface area contributed by atoms with E-state index >= 15 is 0 Å². The van der Waals surface area contributed by atoms with Gasteiger partial charge in [0, 0.05) is 5.56 Å². The molecule has 31 heavy (non-hydrogen) atoms. The van der Waals surface area contributed by atoms with Crippen molar-refractivity contribution >= 4 is 0 Å².